The van der Waals surface area contributed by atoms with Gasteiger partial charge in [0.05, 0.1) is 11.2 Å². The van der Waals surface area contributed by atoms with Crippen LogP contribution in [0.15, 0.2) is 12.7 Å². The molecule has 0 aromatic heterocycles. The molecule has 1 aliphatic carbocycles. The van der Waals surface area contributed by atoms with Gasteiger partial charge >= 0.3 is 5.97 Å². The van der Waals surface area contributed by atoms with Crippen LogP contribution in [0.5, 0.6) is 0 Å². The predicted molar refractivity (Wildman–Crippen MR) is 67.6 cm³/mol. The first-order chi connectivity index (χ1) is 8.42. The SMILES string of the molecule is C=CCCS(=O)(=O)N1C[C@@H]2CCC[C@@]2(C(=O)O)C1. The van der Waals surface area contributed by atoms with Crippen LogP contribution < -0.4 is 0 Å². The Labute approximate surface area is 108 Å². The molecule has 1 saturated heterocycles. The van der Waals surface area contributed by atoms with Gasteiger partial charge in [0.2, 0.25) is 10.0 Å². The zero-order valence-corrected chi connectivity index (χ0v) is 11.2. The first-order valence-corrected chi connectivity index (χ1v) is 7.85. The average Bonchev–Trinajstić information content (AvgIpc) is 2.83. The predicted octanol–water partition coefficient (Wildman–Crippen LogP) is 1.08. The summed E-state index contributed by atoms with van der Waals surface area (Å²) in [6.45, 7) is 4.02. The van der Waals surface area contributed by atoms with E-state index < -0.39 is 21.4 Å². The molecule has 18 heavy (non-hydrogen) atoms. The first-order valence-electron chi connectivity index (χ1n) is 6.24. The number of carboxylic acid groups (broad SMARTS) is 1. The third kappa shape index (κ3) is 2.07. The van der Waals surface area contributed by atoms with Crippen molar-refractivity contribution in [3.63, 3.8) is 0 Å². The van der Waals surface area contributed by atoms with Gasteiger partial charge in [-0.25, -0.2) is 12.7 Å². The highest BCUT2D eigenvalue weighted by Gasteiger charge is 2.56. The van der Waals surface area contributed by atoms with Crippen LogP contribution in [0, 0.1) is 11.3 Å². The third-order valence-corrected chi connectivity index (χ3v) is 6.06. The number of sulfonamides is 1. The highest BCUT2D eigenvalue weighted by Crippen LogP contribution is 2.49. The van der Waals surface area contributed by atoms with Gasteiger partial charge in [-0.15, -0.1) is 6.58 Å². The van der Waals surface area contributed by atoms with Gasteiger partial charge in [-0.05, 0) is 25.2 Å². The van der Waals surface area contributed by atoms with Crippen molar-refractivity contribution in [3.05, 3.63) is 12.7 Å². The van der Waals surface area contributed by atoms with E-state index in [-0.39, 0.29) is 18.2 Å². The Bertz CT molecular complexity index is 459. The van der Waals surface area contributed by atoms with Gasteiger partial charge < -0.3 is 5.11 Å². The van der Waals surface area contributed by atoms with Gasteiger partial charge in [-0.3, -0.25) is 4.79 Å². The summed E-state index contributed by atoms with van der Waals surface area (Å²) in [6, 6.07) is 0. The summed E-state index contributed by atoms with van der Waals surface area (Å²) in [6.07, 6.45) is 4.28. The van der Waals surface area contributed by atoms with Crippen molar-refractivity contribution in [3.8, 4) is 0 Å². The maximum absolute atomic E-state index is 12.1. The number of hydrogen-bond donors (Lipinski definition) is 1. The molecule has 0 unspecified atom stereocenters. The molecule has 2 aliphatic rings. The van der Waals surface area contributed by atoms with Gasteiger partial charge in [-0.1, -0.05) is 12.5 Å². The zero-order valence-electron chi connectivity index (χ0n) is 10.3. The summed E-state index contributed by atoms with van der Waals surface area (Å²) in [4.78, 5) is 11.5. The fourth-order valence-electron chi connectivity index (χ4n) is 3.17. The molecule has 2 atom stereocenters. The lowest BCUT2D eigenvalue weighted by molar-refractivity contribution is -0.149. The lowest BCUT2D eigenvalue weighted by atomic mass is 9.81. The number of carboxylic acids is 1. The lowest BCUT2D eigenvalue weighted by Gasteiger charge is -2.23. The number of allylic oxidation sites excluding steroid dienone is 1. The molecule has 5 nitrogen and oxygen atoms in total. The molecule has 0 radical (unpaired) electrons. The standard InChI is InChI=1S/C12H19NO4S/c1-2-3-7-18(16,17)13-8-10-5-4-6-12(10,9-13)11(14)15/h2,10H,1,3-9H2,(H,14,15)/t10-,12+/m0/s1. The lowest BCUT2D eigenvalue weighted by Crippen LogP contribution is -2.37. The Kier molecular flexibility index (Phi) is 3.51. The van der Waals surface area contributed by atoms with Crippen molar-refractivity contribution in [1.82, 2.24) is 4.31 Å². The maximum Gasteiger partial charge on any atom is 0.311 e. The summed E-state index contributed by atoms with van der Waals surface area (Å²) in [7, 11) is -3.34. The van der Waals surface area contributed by atoms with Gasteiger partial charge in [0.1, 0.15) is 0 Å². The molecule has 0 bridgehead atoms. The molecule has 1 aliphatic heterocycles. The number of aliphatic carboxylic acids is 1. The minimum absolute atomic E-state index is 0.0199. The molecule has 0 aromatic rings. The summed E-state index contributed by atoms with van der Waals surface area (Å²) >= 11 is 0. The molecular formula is C12H19NO4S. The van der Waals surface area contributed by atoms with Crippen LogP contribution in [0.2, 0.25) is 0 Å². The van der Waals surface area contributed by atoms with Gasteiger partial charge in [0.15, 0.2) is 0 Å². The Hall–Kier alpha value is -0.880. The van der Waals surface area contributed by atoms with Crippen molar-refractivity contribution in [2.24, 2.45) is 11.3 Å². The second kappa shape index (κ2) is 4.66. The van der Waals surface area contributed by atoms with Gasteiger partial charge in [-0.2, -0.15) is 0 Å². The normalized spacial score (nSPS) is 32.3. The molecule has 0 spiro atoms. The van der Waals surface area contributed by atoms with Crippen molar-refractivity contribution in [1.29, 1.82) is 0 Å². The highest BCUT2D eigenvalue weighted by atomic mass is 32.2. The van der Waals surface area contributed by atoms with Crippen LogP contribution >= 0.6 is 0 Å². The third-order valence-electron chi connectivity index (χ3n) is 4.24. The topological polar surface area (TPSA) is 74.7 Å². The first kappa shape index (κ1) is 13.5. The molecule has 1 N–H and O–H groups in total. The second-order valence-corrected chi connectivity index (χ2v) is 7.32. The van der Waals surface area contributed by atoms with Crippen molar-refractivity contribution in [2.75, 3.05) is 18.8 Å². The summed E-state index contributed by atoms with van der Waals surface area (Å²) < 4.78 is 25.5. The average molecular weight is 273 g/mol. The van der Waals surface area contributed by atoms with Crippen LogP contribution in [-0.2, 0) is 14.8 Å². The summed E-state index contributed by atoms with van der Waals surface area (Å²) in [5.41, 5.74) is -0.832. The Morgan fingerprint density at radius 2 is 2.28 bits per heavy atom. The zero-order chi connectivity index (χ0) is 13.4. The van der Waals surface area contributed by atoms with E-state index in [2.05, 4.69) is 6.58 Å². The van der Waals surface area contributed by atoms with Gasteiger partial charge in [0.25, 0.3) is 0 Å². The Morgan fingerprint density at radius 3 is 2.83 bits per heavy atom. The largest absolute Gasteiger partial charge is 0.481 e. The molecule has 0 amide bonds. The smallest absolute Gasteiger partial charge is 0.311 e. The molecule has 1 heterocycles. The molecule has 2 fully saturated rings. The fourth-order valence-corrected chi connectivity index (χ4v) is 4.72. The quantitative estimate of drug-likeness (QED) is 0.761. The molecular weight excluding hydrogens is 254 g/mol. The van der Waals surface area contributed by atoms with E-state index in [1.807, 2.05) is 0 Å². The van der Waals surface area contributed by atoms with Crippen LogP contribution in [0.1, 0.15) is 25.7 Å². The maximum atomic E-state index is 12.1. The molecule has 102 valence electrons. The highest BCUT2D eigenvalue weighted by molar-refractivity contribution is 7.89. The minimum Gasteiger partial charge on any atom is -0.481 e. The summed E-state index contributed by atoms with van der Waals surface area (Å²) in [5.74, 6) is -0.834. The van der Waals surface area contributed by atoms with E-state index in [0.717, 1.165) is 12.8 Å². The van der Waals surface area contributed by atoms with Crippen molar-refractivity contribution < 1.29 is 18.3 Å². The summed E-state index contributed by atoms with van der Waals surface area (Å²) in [5, 5.41) is 9.40. The number of fused-ring (bicyclic) bond motifs is 1. The van der Waals surface area contributed by atoms with Crippen LogP contribution in [0.25, 0.3) is 0 Å². The van der Waals surface area contributed by atoms with Crippen LogP contribution in [0.3, 0.4) is 0 Å². The second-order valence-electron chi connectivity index (χ2n) is 5.24. The molecule has 6 heteroatoms. The number of nitrogens with zero attached hydrogens (tertiary/aromatic N) is 1. The van der Waals surface area contributed by atoms with Crippen molar-refractivity contribution in [2.45, 2.75) is 25.7 Å². The van der Waals surface area contributed by atoms with E-state index in [1.54, 1.807) is 6.08 Å². The fraction of sp³-hybridized carbons (Fsp3) is 0.750. The number of hydrogen-bond acceptors (Lipinski definition) is 3. The number of rotatable bonds is 5. The molecule has 0 aromatic carbocycles. The Balaban J connectivity index is 2.17. The number of carbonyl (C=O) groups is 1. The minimum atomic E-state index is -3.34. The molecule has 1 saturated carbocycles. The van der Waals surface area contributed by atoms with Crippen LogP contribution in [0.4, 0.5) is 0 Å². The van der Waals surface area contributed by atoms with E-state index in [1.165, 1.54) is 4.31 Å². The molecule has 2 rings (SSSR count). The Morgan fingerprint density at radius 1 is 1.56 bits per heavy atom. The van der Waals surface area contributed by atoms with E-state index in [4.69, 9.17) is 0 Å². The van der Waals surface area contributed by atoms with E-state index in [0.29, 0.717) is 19.4 Å². The van der Waals surface area contributed by atoms with E-state index >= 15 is 0 Å². The van der Waals surface area contributed by atoms with E-state index in [9.17, 15) is 18.3 Å². The van der Waals surface area contributed by atoms with Crippen molar-refractivity contribution >= 4 is 16.0 Å². The van der Waals surface area contributed by atoms with Crippen LogP contribution in [-0.4, -0.2) is 42.6 Å². The monoisotopic (exact) mass is 273 g/mol. The van der Waals surface area contributed by atoms with Gasteiger partial charge in [0, 0.05) is 13.1 Å².